The molecular weight excluding hydrogens is 171 g/mol. The molecule has 0 radical (unpaired) electrons. The molecule has 3 atom stereocenters. The van der Waals surface area contributed by atoms with E-state index in [4.69, 9.17) is 5.73 Å². The van der Waals surface area contributed by atoms with Crippen LogP contribution in [-0.2, 0) is 0 Å². The van der Waals surface area contributed by atoms with Crippen LogP contribution >= 0.6 is 0 Å². The Labute approximate surface area is 75.4 Å². The van der Waals surface area contributed by atoms with Crippen LogP contribution in [0.2, 0.25) is 0 Å². The summed E-state index contributed by atoms with van der Waals surface area (Å²) in [7, 11) is 0. The highest BCUT2D eigenvalue weighted by atomic mass is 19.1. The zero-order valence-electron chi connectivity index (χ0n) is 7.02. The Bertz CT molecular complexity index is 318. The summed E-state index contributed by atoms with van der Waals surface area (Å²) in [6, 6.07) is 3.08. The molecule has 4 heteroatoms. The number of nitrogens with two attached hydrogens (primary N) is 1. The molecule has 1 aliphatic rings. The van der Waals surface area contributed by atoms with Crippen LogP contribution in [0.4, 0.5) is 4.39 Å². The van der Waals surface area contributed by atoms with E-state index in [2.05, 4.69) is 4.98 Å². The van der Waals surface area contributed by atoms with Crippen LogP contribution in [0.25, 0.3) is 0 Å². The van der Waals surface area contributed by atoms with Crippen molar-refractivity contribution in [2.75, 3.05) is 0 Å². The minimum atomic E-state index is -0.626. The summed E-state index contributed by atoms with van der Waals surface area (Å²) < 4.78 is 13.1. The molecule has 1 aromatic rings. The molecule has 2 rings (SSSR count). The first kappa shape index (κ1) is 8.59. The van der Waals surface area contributed by atoms with Gasteiger partial charge in [0.1, 0.15) is 0 Å². The third kappa shape index (κ3) is 1.32. The molecule has 0 bridgehead atoms. The molecule has 0 aromatic carbocycles. The number of aliphatic hydroxyl groups excluding tert-OH is 1. The van der Waals surface area contributed by atoms with E-state index < -0.39 is 12.1 Å². The predicted octanol–water partition coefficient (Wildman–Crippen LogP) is 0.396. The molecule has 1 saturated carbocycles. The lowest BCUT2D eigenvalue weighted by Gasteiger charge is -2.38. The number of hydrogen-bond acceptors (Lipinski definition) is 3. The zero-order chi connectivity index (χ0) is 9.42. The van der Waals surface area contributed by atoms with E-state index >= 15 is 0 Å². The van der Waals surface area contributed by atoms with Crippen molar-refractivity contribution in [2.45, 2.75) is 24.5 Å². The number of halogens is 1. The van der Waals surface area contributed by atoms with Crippen molar-refractivity contribution in [3.05, 3.63) is 29.8 Å². The molecule has 3 nitrogen and oxygen atoms in total. The summed E-state index contributed by atoms with van der Waals surface area (Å²) in [6.07, 6.45) is 1.40. The average molecular weight is 182 g/mol. The third-order valence-electron chi connectivity index (χ3n) is 2.56. The van der Waals surface area contributed by atoms with Crippen molar-refractivity contribution in [1.82, 2.24) is 4.98 Å². The maximum atomic E-state index is 13.1. The molecule has 0 amide bonds. The van der Waals surface area contributed by atoms with Gasteiger partial charge in [0.05, 0.1) is 6.10 Å². The maximum absolute atomic E-state index is 13.1. The van der Waals surface area contributed by atoms with Crippen LogP contribution < -0.4 is 5.73 Å². The summed E-state index contributed by atoms with van der Waals surface area (Å²) in [6.45, 7) is 0. The van der Waals surface area contributed by atoms with E-state index in [0.717, 1.165) is 0 Å². The van der Waals surface area contributed by atoms with Gasteiger partial charge in [-0.3, -0.25) is 0 Å². The summed E-state index contributed by atoms with van der Waals surface area (Å²) in [5.74, 6) is -0.679. The fraction of sp³-hybridized carbons (Fsp3) is 0.444. The van der Waals surface area contributed by atoms with E-state index in [1.807, 2.05) is 0 Å². The number of pyridine rings is 1. The lowest BCUT2D eigenvalue weighted by atomic mass is 9.74. The minimum absolute atomic E-state index is 0.177. The molecule has 3 unspecified atom stereocenters. The number of nitrogens with zero attached hydrogens (tertiary/aromatic N) is 1. The molecule has 1 aromatic heterocycles. The Hall–Kier alpha value is -1.00. The topological polar surface area (TPSA) is 59.1 Å². The molecule has 0 aliphatic heterocycles. The smallest absolute Gasteiger partial charge is 0.216 e. The van der Waals surface area contributed by atoms with Crippen LogP contribution in [-0.4, -0.2) is 22.2 Å². The zero-order valence-corrected chi connectivity index (χ0v) is 7.02. The van der Waals surface area contributed by atoms with Gasteiger partial charge in [0.2, 0.25) is 5.95 Å². The second-order valence-electron chi connectivity index (χ2n) is 3.38. The van der Waals surface area contributed by atoms with Crippen LogP contribution in [0.3, 0.4) is 0 Å². The van der Waals surface area contributed by atoms with Gasteiger partial charge in [-0.2, -0.15) is 4.39 Å². The van der Waals surface area contributed by atoms with Gasteiger partial charge in [-0.15, -0.1) is 0 Å². The molecule has 1 heterocycles. The van der Waals surface area contributed by atoms with E-state index in [1.165, 1.54) is 6.20 Å². The molecule has 70 valence electrons. The van der Waals surface area contributed by atoms with Crippen LogP contribution in [0, 0.1) is 5.95 Å². The number of aromatic nitrogens is 1. The first-order valence-electron chi connectivity index (χ1n) is 4.24. The van der Waals surface area contributed by atoms with Crippen LogP contribution in [0.1, 0.15) is 17.9 Å². The van der Waals surface area contributed by atoms with Gasteiger partial charge in [-0.05, 0) is 12.5 Å². The van der Waals surface area contributed by atoms with Gasteiger partial charge >= 0.3 is 0 Å². The monoisotopic (exact) mass is 182 g/mol. The molecule has 1 aliphatic carbocycles. The number of aliphatic hydroxyl groups is 1. The van der Waals surface area contributed by atoms with E-state index in [9.17, 15) is 9.50 Å². The maximum Gasteiger partial charge on any atom is 0.216 e. The van der Waals surface area contributed by atoms with E-state index in [0.29, 0.717) is 12.0 Å². The van der Waals surface area contributed by atoms with Gasteiger partial charge in [-0.1, -0.05) is 6.07 Å². The Balaban J connectivity index is 2.23. The SMILES string of the molecule is NC1CC(c2cccnc2F)C1O. The van der Waals surface area contributed by atoms with Crippen molar-refractivity contribution >= 4 is 0 Å². The van der Waals surface area contributed by atoms with Gasteiger partial charge < -0.3 is 10.8 Å². The van der Waals surface area contributed by atoms with E-state index in [-0.39, 0.29) is 12.0 Å². The first-order chi connectivity index (χ1) is 6.20. The highest BCUT2D eigenvalue weighted by Crippen LogP contribution is 2.36. The molecule has 0 spiro atoms. The van der Waals surface area contributed by atoms with Gasteiger partial charge in [0.25, 0.3) is 0 Å². The van der Waals surface area contributed by atoms with Crippen LogP contribution in [0.5, 0.6) is 0 Å². The van der Waals surface area contributed by atoms with Crippen molar-refractivity contribution in [1.29, 1.82) is 0 Å². The molecule has 0 saturated heterocycles. The van der Waals surface area contributed by atoms with E-state index in [1.54, 1.807) is 12.1 Å². The molecule has 1 fully saturated rings. The molecular formula is C9H11FN2O. The fourth-order valence-corrected chi connectivity index (χ4v) is 1.66. The summed E-state index contributed by atoms with van der Waals surface area (Å²) in [5.41, 5.74) is 5.98. The second-order valence-corrected chi connectivity index (χ2v) is 3.38. The Morgan fingerprint density at radius 1 is 1.62 bits per heavy atom. The quantitative estimate of drug-likeness (QED) is 0.618. The summed E-state index contributed by atoms with van der Waals surface area (Å²) in [5, 5.41) is 9.43. The summed E-state index contributed by atoms with van der Waals surface area (Å²) in [4.78, 5) is 3.52. The Morgan fingerprint density at radius 3 is 2.92 bits per heavy atom. The first-order valence-corrected chi connectivity index (χ1v) is 4.24. The van der Waals surface area contributed by atoms with Crippen molar-refractivity contribution < 1.29 is 9.50 Å². The normalized spacial score (nSPS) is 32.7. The standard InChI is InChI=1S/C9H11FN2O/c10-9-5(2-1-3-12-9)6-4-7(11)8(6)13/h1-3,6-8,13H,4,11H2. The van der Waals surface area contributed by atoms with Crippen LogP contribution in [0.15, 0.2) is 18.3 Å². The van der Waals surface area contributed by atoms with Gasteiger partial charge in [-0.25, -0.2) is 4.98 Å². The number of hydrogen-bond donors (Lipinski definition) is 2. The Kier molecular flexibility index (Phi) is 2.01. The average Bonchev–Trinajstić information content (AvgIpc) is 2.15. The largest absolute Gasteiger partial charge is 0.391 e. The second kappa shape index (κ2) is 3.05. The fourth-order valence-electron chi connectivity index (χ4n) is 1.66. The number of rotatable bonds is 1. The van der Waals surface area contributed by atoms with Gasteiger partial charge in [0.15, 0.2) is 0 Å². The molecule has 3 N–H and O–H groups in total. The lowest BCUT2D eigenvalue weighted by molar-refractivity contribution is 0.0395. The van der Waals surface area contributed by atoms with Crippen molar-refractivity contribution in [3.8, 4) is 0 Å². The van der Waals surface area contributed by atoms with Gasteiger partial charge in [0, 0.05) is 23.7 Å². The lowest BCUT2D eigenvalue weighted by Crippen LogP contribution is -2.50. The third-order valence-corrected chi connectivity index (χ3v) is 2.56. The molecule has 13 heavy (non-hydrogen) atoms. The highest BCUT2D eigenvalue weighted by Gasteiger charge is 2.39. The summed E-state index contributed by atoms with van der Waals surface area (Å²) >= 11 is 0. The van der Waals surface area contributed by atoms with Crippen molar-refractivity contribution in [3.63, 3.8) is 0 Å². The highest BCUT2D eigenvalue weighted by molar-refractivity contribution is 5.23. The predicted molar refractivity (Wildman–Crippen MR) is 45.5 cm³/mol. The van der Waals surface area contributed by atoms with Crippen molar-refractivity contribution in [2.24, 2.45) is 5.73 Å². The Morgan fingerprint density at radius 2 is 2.38 bits per heavy atom. The minimum Gasteiger partial charge on any atom is -0.391 e.